The van der Waals surface area contributed by atoms with Crippen molar-refractivity contribution in [3.8, 4) is 5.88 Å². The molecule has 24 heavy (non-hydrogen) atoms. The largest absolute Gasteiger partial charge is 0.478 e. The maximum Gasteiger partial charge on any atom is 0.256 e. The van der Waals surface area contributed by atoms with Crippen molar-refractivity contribution < 1.29 is 14.3 Å². The van der Waals surface area contributed by atoms with Crippen LogP contribution in [0, 0.1) is 6.92 Å². The van der Waals surface area contributed by atoms with E-state index < -0.39 is 5.60 Å². The Hall–Kier alpha value is -1.62. The number of hydrogen-bond acceptors (Lipinski definition) is 4. The van der Waals surface area contributed by atoms with E-state index >= 15 is 0 Å². The van der Waals surface area contributed by atoms with Crippen molar-refractivity contribution >= 4 is 11.6 Å². The fraction of sp³-hybridized carbons (Fsp3) is 0.684. The fourth-order valence-electron chi connectivity index (χ4n) is 3.17. The Kier molecular flexibility index (Phi) is 7.03. The van der Waals surface area contributed by atoms with E-state index in [2.05, 4.69) is 17.2 Å². The van der Waals surface area contributed by atoms with Gasteiger partial charge in [-0.2, -0.15) is 0 Å². The number of hydrogen-bond donors (Lipinski definition) is 1. The molecule has 1 aromatic heterocycles. The molecule has 5 nitrogen and oxygen atoms in total. The molecule has 0 radical (unpaired) electrons. The van der Waals surface area contributed by atoms with Gasteiger partial charge in [0.2, 0.25) is 5.88 Å². The van der Waals surface area contributed by atoms with Gasteiger partial charge in [-0.05, 0) is 39.2 Å². The third-order valence-electron chi connectivity index (χ3n) is 4.51. The number of pyridine rings is 1. The van der Waals surface area contributed by atoms with Crippen LogP contribution < -0.4 is 10.1 Å². The quantitative estimate of drug-likeness (QED) is 0.757. The highest BCUT2D eigenvalue weighted by molar-refractivity contribution is 5.97. The molecule has 0 atom stereocenters. The third-order valence-corrected chi connectivity index (χ3v) is 4.51. The van der Waals surface area contributed by atoms with Crippen molar-refractivity contribution in [2.45, 2.75) is 71.3 Å². The summed E-state index contributed by atoms with van der Waals surface area (Å²) in [5.74, 6) is 0.548. The van der Waals surface area contributed by atoms with Crippen LogP contribution in [0.1, 0.15) is 64.5 Å². The van der Waals surface area contributed by atoms with Crippen LogP contribution in [0.15, 0.2) is 12.1 Å². The molecule has 1 N–H and O–H groups in total. The van der Waals surface area contributed by atoms with Crippen LogP contribution in [0.4, 0.5) is 5.69 Å². The van der Waals surface area contributed by atoms with E-state index in [1.165, 1.54) is 12.8 Å². The number of rotatable bonds is 7. The van der Waals surface area contributed by atoms with Crippen LogP contribution in [0.25, 0.3) is 0 Å². The predicted molar refractivity (Wildman–Crippen MR) is 95.4 cm³/mol. The van der Waals surface area contributed by atoms with E-state index in [4.69, 9.17) is 9.47 Å². The summed E-state index contributed by atoms with van der Waals surface area (Å²) < 4.78 is 11.5. The monoisotopic (exact) mass is 334 g/mol. The number of nitrogens with zero attached hydrogens (tertiary/aromatic N) is 1. The Morgan fingerprint density at radius 3 is 2.50 bits per heavy atom. The van der Waals surface area contributed by atoms with Gasteiger partial charge < -0.3 is 14.8 Å². The highest BCUT2D eigenvalue weighted by Gasteiger charge is 2.39. The summed E-state index contributed by atoms with van der Waals surface area (Å²) >= 11 is 0. The molecule has 0 spiro atoms. The molecule has 1 aromatic rings. The van der Waals surface area contributed by atoms with Crippen molar-refractivity contribution in [1.82, 2.24) is 4.98 Å². The van der Waals surface area contributed by atoms with Gasteiger partial charge in [0, 0.05) is 12.7 Å². The first kappa shape index (κ1) is 18.7. The van der Waals surface area contributed by atoms with E-state index in [1.807, 2.05) is 19.9 Å². The number of amides is 1. The zero-order valence-corrected chi connectivity index (χ0v) is 15.2. The van der Waals surface area contributed by atoms with Gasteiger partial charge in [0.15, 0.2) is 0 Å². The van der Waals surface area contributed by atoms with E-state index in [0.29, 0.717) is 19.1 Å². The first-order valence-electron chi connectivity index (χ1n) is 9.17. The standard InChI is InChI=1S/C19H30N2O3/c1-4-14-24-19(12-8-6-7-9-13-19)18(22)21-16-10-11-17(23-5-2)20-15(16)3/h10-11H,4-9,12-14H2,1-3H3,(H,21,22). The van der Waals surface area contributed by atoms with Crippen molar-refractivity contribution in [3.63, 3.8) is 0 Å². The molecular formula is C19H30N2O3. The first-order valence-corrected chi connectivity index (χ1v) is 9.17. The molecule has 0 saturated heterocycles. The summed E-state index contributed by atoms with van der Waals surface area (Å²) in [6, 6.07) is 3.65. The molecule has 2 rings (SSSR count). The molecule has 1 saturated carbocycles. The molecule has 0 unspecified atom stereocenters. The number of carbonyl (C=O) groups excluding carboxylic acids is 1. The highest BCUT2D eigenvalue weighted by atomic mass is 16.5. The van der Waals surface area contributed by atoms with Gasteiger partial charge in [0.05, 0.1) is 18.0 Å². The molecule has 5 heteroatoms. The SMILES string of the molecule is CCCOC1(C(=O)Nc2ccc(OCC)nc2C)CCCCCC1. The number of aromatic nitrogens is 1. The van der Waals surface area contributed by atoms with E-state index in [1.54, 1.807) is 6.07 Å². The lowest BCUT2D eigenvalue weighted by molar-refractivity contribution is -0.143. The summed E-state index contributed by atoms with van der Waals surface area (Å²) in [5, 5.41) is 3.04. The minimum absolute atomic E-state index is 0.0353. The fourth-order valence-corrected chi connectivity index (χ4v) is 3.17. The minimum Gasteiger partial charge on any atom is -0.478 e. The number of carbonyl (C=O) groups is 1. The average Bonchev–Trinajstić information content (AvgIpc) is 2.82. The van der Waals surface area contributed by atoms with Gasteiger partial charge in [-0.25, -0.2) is 4.98 Å². The van der Waals surface area contributed by atoms with Gasteiger partial charge in [-0.1, -0.05) is 32.6 Å². The van der Waals surface area contributed by atoms with Gasteiger partial charge in [0.1, 0.15) is 5.60 Å². The maximum absolute atomic E-state index is 13.0. The van der Waals surface area contributed by atoms with Gasteiger partial charge in [-0.3, -0.25) is 4.79 Å². The number of nitrogens with one attached hydrogen (secondary N) is 1. The molecule has 1 heterocycles. The maximum atomic E-state index is 13.0. The van der Waals surface area contributed by atoms with Crippen LogP contribution in [0.5, 0.6) is 5.88 Å². The second-order valence-electron chi connectivity index (χ2n) is 6.43. The van der Waals surface area contributed by atoms with Gasteiger partial charge >= 0.3 is 0 Å². The van der Waals surface area contributed by atoms with Gasteiger partial charge in [-0.15, -0.1) is 0 Å². The second-order valence-corrected chi connectivity index (χ2v) is 6.43. The molecule has 1 amide bonds. The van der Waals surface area contributed by atoms with Crippen LogP contribution in [0.2, 0.25) is 0 Å². The molecule has 0 bridgehead atoms. The van der Waals surface area contributed by atoms with E-state index in [9.17, 15) is 4.79 Å². The lowest BCUT2D eigenvalue weighted by Gasteiger charge is -2.31. The third kappa shape index (κ3) is 4.69. The minimum atomic E-state index is -0.697. The summed E-state index contributed by atoms with van der Waals surface area (Å²) in [6.07, 6.45) is 6.93. The van der Waals surface area contributed by atoms with Crippen LogP contribution in [-0.2, 0) is 9.53 Å². The smallest absolute Gasteiger partial charge is 0.256 e. The summed E-state index contributed by atoms with van der Waals surface area (Å²) in [5.41, 5.74) is 0.790. The molecule has 134 valence electrons. The average molecular weight is 334 g/mol. The van der Waals surface area contributed by atoms with Crippen molar-refractivity contribution in [2.24, 2.45) is 0 Å². The number of aryl methyl sites for hydroxylation is 1. The molecule has 1 aliphatic rings. The summed E-state index contributed by atoms with van der Waals surface area (Å²) in [6.45, 7) is 7.07. The van der Waals surface area contributed by atoms with Crippen LogP contribution >= 0.6 is 0 Å². The molecule has 1 aliphatic carbocycles. The first-order chi connectivity index (χ1) is 11.6. The normalized spacial score (nSPS) is 17.1. The summed E-state index contributed by atoms with van der Waals surface area (Å²) in [7, 11) is 0. The van der Waals surface area contributed by atoms with E-state index in [0.717, 1.165) is 43.5 Å². The topological polar surface area (TPSA) is 60.5 Å². The van der Waals surface area contributed by atoms with E-state index in [-0.39, 0.29) is 5.91 Å². The molecule has 0 aromatic carbocycles. The Morgan fingerprint density at radius 2 is 1.92 bits per heavy atom. The Balaban J connectivity index is 2.14. The number of anilines is 1. The zero-order chi connectivity index (χ0) is 17.4. The Labute approximate surface area is 145 Å². The van der Waals surface area contributed by atoms with Crippen LogP contribution in [0.3, 0.4) is 0 Å². The zero-order valence-electron chi connectivity index (χ0n) is 15.2. The van der Waals surface area contributed by atoms with Crippen LogP contribution in [-0.4, -0.2) is 29.7 Å². The predicted octanol–water partition coefficient (Wildman–Crippen LogP) is 4.25. The molecule has 1 fully saturated rings. The van der Waals surface area contributed by atoms with Crippen molar-refractivity contribution in [3.05, 3.63) is 17.8 Å². The molecule has 0 aliphatic heterocycles. The Bertz CT molecular complexity index is 537. The highest BCUT2D eigenvalue weighted by Crippen LogP contribution is 2.32. The number of ether oxygens (including phenoxy) is 2. The van der Waals surface area contributed by atoms with Crippen molar-refractivity contribution in [1.29, 1.82) is 0 Å². The Morgan fingerprint density at radius 1 is 1.21 bits per heavy atom. The lowest BCUT2D eigenvalue weighted by atomic mass is 9.92. The van der Waals surface area contributed by atoms with Gasteiger partial charge in [0.25, 0.3) is 5.91 Å². The van der Waals surface area contributed by atoms with Crippen molar-refractivity contribution in [2.75, 3.05) is 18.5 Å². The summed E-state index contributed by atoms with van der Waals surface area (Å²) in [4.78, 5) is 17.4. The lowest BCUT2D eigenvalue weighted by Crippen LogP contribution is -2.45. The second kappa shape index (κ2) is 9.02. The molecular weight excluding hydrogens is 304 g/mol.